The average molecular weight is 282 g/mol. The molecule has 1 aromatic heterocycles. The summed E-state index contributed by atoms with van der Waals surface area (Å²) in [6.07, 6.45) is 2.03. The second kappa shape index (κ2) is 5.84. The van der Waals surface area contributed by atoms with E-state index in [9.17, 15) is 4.39 Å². The summed E-state index contributed by atoms with van der Waals surface area (Å²) in [5, 5.41) is 2.96. The molecular weight excluding hydrogens is 269 g/mol. The molecule has 2 aromatic rings. The predicted molar refractivity (Wildman–Crippen MR) is 72.4 cm³/mol. The number of aromatic nitrogens is 2. The summed E-state index contributed by atoms with van der Waals surface area (Å²) in [7, 11) is 1.76. The number of rotatable bonds is 4. The first-order chi connectivity index (χ1) is 9.17. The SMILES string of the molecule is CCc1c(NC)ncnc1Oc1cccc(Cl)c1F. The topological polar surface area (TPSA) is 47.0 Å². The number of benzene rings is 1. The molecule has 0 spiro atoms. The molecule has 0 amide bonds. The number of hydrogen-bond donors (Lipinski definition) is 1. The van der Waals surface area contributed by atoms with Crippen LogP contribution in [-0.2, 0) is 6.42 Å². The third kappa shape index (κ3) is 2.76. The second-order valence-electron chi connectivity index (χ2n) is 3.76. The van der Waals surface area contributed by atoms with E-state index in [1.807, 2.05) is 6.92 Å². The first-order valence-electron chi connectivity index (χ1n) is 5.80. The van der Waals surface area contributed by atoms with Crippen molar-refractivity contribution in [2.45, 2.75) is 13.3 Å². The highest BCUT2D eigenvalue weighted by Gasteiger charge is 2.14. The van der Waals surface area contributed by atoms with E-state index in [4.69, 9.17) is 16.3 Å². The predicted octanol–water partition coefficient (Wildman–Crippen LogP) is 3.67. The lowest BCUT2D eigenvalue weighted by Gasteiger charge is -2.12. The molecule has 1 heterocycles. The highest BCUT2D eigenvalue weighted by Crippen LogP contribution is 2.31. The quantitative estimate of drug-likeness (QED) is 0.929. The van der Waals surface area contributed by atoms with E-state index in [0.717, 1.165) is 5.56 Å². The summed E-state index contributed by atoms with van der Waals surface area (Å²) in [4.78, 5) is 8.13. The van der Waals surface area contributed by atoms with Crippen molar-refractivity contribution in [2.75, 3.05) is 12.4 Å². The molecule has 4 nitrogen and oxygen atoms in total. The van der Waals surface area contributed by atoms with Crippen molar-refractivity contribution in [3.8, 4) is 11.6 Å². The Balaban J connectivity index is 2.41. The number of halogens is 2. The highest BCUT2D eigenvalue weighted by atomic mass is 35.5. The molecule has 0 atom stereocenters. The van der Waals surface area contributed by atoms with Gasteiger partial charge in [-0.05, 0) is 18.6 Å². The Bertz CT molecular complexity index is 592. The molecule has 0 saturated heterocycles. The molecule has 0 aliphatic carbocycles. The van der Waals surface area contributed by atoms with Crippen LogP contribution in [0.1, 0.15) is 12.5 Å². The number of ether oxygens (including phenoxy) is 1. The zero-order chi connectivity index (χ0) is 13.8. The average Bonchev–Trinajstić information content (AvgIpc) is 2.43. The summed E-state index contributed by atoms with van der Waals surface area (Å²) in [5.74, 6) is 0.428. The van der Waals surface area contributed by atoms with Crippen LogP contribution in [0.2, 0.25) is 5.02 Å². The lowest BCUT2D eigenvalue weighted by Crippen LogP contribution is -2.03. The minimum absolute atomic E-state index is 0.0124. The van der Waals surface area contributed by atoms with Gasteiger partial charge in [-0.15, -0.1) is 0 Å². The maximum atomic E-state index is 13.8. The molecule has 0 saturated carbocycles. The van der Waals surface area contributed by atoms with E-state index in [2.05, 4.69) is 15.3 Å². The molecule has 1 N–H and O–H groups in total. The zero-order valence-corrected chi connectivity index (χ0v) is 11.3. The zero-order valence-electron chi connectivity index (χ0n) is 10.6. The monoisotopic (exact) mass is 281 g/mol. The summed E-state index contributed by atoms with van der Waals surface area (Å²) in [5.41, 5.74) is 0.782. The van der Waals surface area contributed by atoms with E-state index < -0.39 is 5.82 Å². The van der Waals surface area contributed by atoms with Crippen molar-refractivity contribution in [1.82, 2.24) is 9.97 Å². The Kier molecular flexibility index (Phi) is 4.16. The fourth-order valence-corrected chi connectivity index (χ4v) is 1.85. The Hall–Kier alpha value is -1.88. The lowest BCUT2D eigenvalue weighted by molar-refractivity contribution is 0.422. The van der Waals surface area contributed by atoms with E-state index in [0.29, 0.717) is 18.1 Å². The van der Waals surface area contributed by atoms with E-state index in [1.54, 1.807) is 13.1 Å². The molecule has 2 rings (SSSR count). The van der Waals surface area contributed by atoms with E-state index in [1.165, 1.54) is 18.5 Å². The Morgan fingerprint density at radius 3 is 2.84 bits per heavy atom. The molecular formula is C13H13ClFN3O. The van der Waals surface area contributed by atoms with Gasteiger partial charge in [-0.2, -0.15) is 0 Å². The van der Waals surface area contributed by atoms with Gasteiger partial charge in [-0.1, -0.05) is 24.6 Å². The van der Waals surface area contributed by atoms with Crippen LogP contribution in [-0.4, -0.2) is 17.0 Å². The lowest BCUT2D eigenvalue weighted by atomic mass is 10.2. The van der Waals surface area contributed by atoms with Crippen molar-refractivity contribution in [3.05, 3.63) is 40.9 Å². The van der Waals surface area contributed by atoms with Gasteiger partial charge in [0.15, 0.2) is 11.6 Å². The number of nitrogens with zero attached hydrogens (tertiary/aromatic N) is 2. The van der Waals surface area contributed by atoms with Crippen molar-refractivity contribution >= 4 is 17.4 Å². The van der Waals surface area contributed by atoms with Gasteiger partial charge in [-0.3, -0.25) is 0 Å². The largest absolute Gasteiger partial charge is 0.435 e. The molecule has 0 aliphatic heterocycles. The second-order valence-corrected chi connectivity index (χ2v) is 4.17. The summed E-state index contributed by atoms with van der Waals surface area (Å²) in [6.45, 7) is 1.95. The fraction of sp³-hybridized carbons (Fsp3) is 0.231. The maximum Gasteiger partial charge on any atom is 0.227 e. The van der Waals surface area contributed by atoms with Crippen molar-refractivity contribution in [1.29, 1.82) is 0 Å². The number of hydrogen-bond acceptors (Lipinski definition) is 4. The minimum Gasteiger partial charge on any atom is -0.435 e. The summed E-state index contributed by atoms with van der Waals surface area (Å²) >= 11 is 5.71. The standard InChI is InChI=1S/C13H13ClFN3O/c1-3-8-12(16-2)17-7-18-13(8)19-10-6-4-5-9(14)11(10)15/h4-7H,3H2,1-2H3,(H,16,17,18). The van der Waals surface area contributed by atoms with Gasteiger partial charge in [-0.25, -0.2) is 14.4 Å². The van der Waals surface area contributed by atoms with Crippen molar-refractivity contribution < 1.29 is 9.13 Å². The minimum atomic E-state index is -0.601. The highest BCUT2D eigenvalue weighted by molar-refractivity contribution is 6.30. The number of nitrogens with one attached hydrogen (secondary N) is 1. The molecule has 0 bridgehead atoms. The van der Waals surface area contributed by atoms with Gasteiger partial charge in [0.05, 0.1) is 10.6 Å². The van der Waals surface area contributed by atoms with Crippen LogP contribution in [0, 0.1) is 5.82 Å². The van der Waals surface area contributed by atoms with Crippen molar-refractivity contribution in [3.63, 3.8) is 0 Å². The Morgan fingerprint density at radius 1 is 1.37 bits per heavy atom. The van der Waals surface area contributed by atoms with Crippen LogP contribution in [0.25, 0.3) is 0 Å². The van der Waals surface area contributed by atoms with Gasteiger partial charge in [0, 0.05) is 7.05 Å². The third-order valence-corrected chi connectivity index (χ3v) is 2.91. The first kappa shape index (κ1) is 13.5. The fourth-order valence-electron chi connectivity index (χ4n) is 1.69. The molecule has 6 heteroatoms. The molecule has 100 valence electrons. The van der Waals surface area contributed by atoms with Crippen LogP contribution < -0.4 is 10.1 Å². The van der Waals surface area contributed by atoms with Gasteiger partial charge in [0.2, 0.25) is 5.88 Å². The smallest absolute Gasteiger partial charge is 0.227 e. The van der Waals surface area contributed by atoms with Crippen LogP contribution in [0.4, 0.5) is 10.2 Å². The normalized spacial score (nSPS) is 10.3. The van der Waals surface area contributed by atoms with Gasteiger partial charge < -0.3 is 10.1 Å². The van der Waals surface area contributed by atoms with Crippen LogP contribution in [0.5, 0.6) is 11.6 Å². The van der Waals surface area contributed by atoms with Crippen LogP contribution in [0.15, 0.2) is 24.5 Å². The number of anilines is 1. The summed E-state index contributed by atoms with van der Waals surface area (Å²) < 4.78 is 19.3. The van der Waals surface area contributed by atoms with E-state index >= 15 is 0 Å². The van der Waals surface area contributed by atoms with Gasteiger partial charge in [0.25, 0.3) is 0 Å². The van der Waals surface area contributed by atoms with Crippen LogP contribution in [0.3, 0.4) is 0 Å². The molecule has 19 heavy (non-hydrogen) atoms. The van der Waals surface area contributed by atoms with Gasteiger partial charge >= 0.3 is 0 Å². The molecule has 1 aromatic carbocycles. The third-order valence-electron chi connectivity index (χ3n) is 2.62. The maximum absolute atomic E-state index is 13.8. The first-order valence-corrected chi connectivity index (χ1v) is 6.18. The Morgan fingerprint density at radius 2 is 2.16 bits per heavy atom. The van der Waals surface area contributed by atoms with E-state index in [-0.39, 0.29) is 10.8 Å². The van der Waals surface area contributed by atoms with Gasteiger partial charge in [0.1, 0.15) is 12.1 Å². The summed E-state index contributed by atoms with van der Waals surface area (Å²) in [6, 6.07) is 4.58. The molecule has 0 fully saturated rings. The Labute approximate surface area is 115 Å². The van der Waals surface area contributed by atoms with Crippen molar-refractivity contribution in [2.24, 2.45) is 0 Å². The molecule has 0 unspecified atom stereocenters. The van der Waals surface area contributed by atoms with Crippen LogP contribution >= 0.6 is 11.6 Å². The molecule has 0 radical (unpaired) electrons. The molecule has 0 aliphatic rings.